The van der Waals surface area contributed by atoms with Crippen molar-refractivity contribution in [3.63, 3.8) is 0 Å². The molecule has 0 saturated heterocycles. The lowest BCUT2D eigenvalue weighted by atomic mass is 10.0. The predicted molar refractivity (Wildman–Crippen MR) is 69.2 cm³/mol. The number of hydrogen-bond acceptors (Lipinski definition) is 4. The molecule has 104 valence electrons. The van der Waals surface area contributed by atoms with Crippen LogP contribution in [0.15, 0.2) is 18.2 Å². The van der Waals surface area contributed by atoms with Crippen LogP contribution in [-0.2, 0) is 9.53 Å². The molecule has 19 heavy (non-hydrogen) atoms. The van der Waals surface area contributed by atoms with Crippen molar-refractivity contribution in [3.05, 3.63) is 29.6 Å². The second-order valence-electron chi connectivity index (χ2n) is 4.32. The zero-order chi connectivity index (χ0) is 14.6. The van der Waals surface area contributed by atoms with Crippen LogP contribution < -0.4 is 11.1 Å². The number of rotatable bonds is 4. The molecule has 1 aromatic carbocycles. The third-order valence-electron chi connectivity index (χ3n) is 2.84. The van der Waals surface area contributed by atoms with Gasteiger partial charge in [0, 0.05) is 11.7 Å². The van der Waals surface area contributed by atoms with Crippen LogP contribution in [0.1, 0.15) is 24.2 Å². The van der Waals surface area contributed by atoms with E-state index in [0.717, 1.165) is 13.2 Å². The maximum absolute atomic E-state index is 13.4. The molecule has 2 atom stereocenters. The minimum atomic E-state index is -0.797. The van der Waals surface area contributed by atoms with E-state index in [4.69, 9.17) is 5.73 Å². The van der Waals surface area contributed by atoms with Gasteiger partial charge in [-0.25, -0.2) is 9.18 Å². The van der Waals surface area contributed by atoms with Gasteiger partial charge in [-0.15, -0.1) is 0 Å². The van der Waals surface area contributed by atoms with E-state index in [1.807, 2.05) is 0 Å². The van der Waals surface area contributed by atoms with Gasteiger partial charge in [-0.3, -0.25) is 4.79 Å². The van der Waals surface area contributed by atoms with Gasteiger partial charge in [-0.2, -0.15) is 0 Å². The number of methoxy groups -OCH3 is 1. The maximum Gasteiger partial charge on any atom is 0.340 e. The van der Waals surface area contributed by atoms with Crippen LogP contribution >= 0.6 is 0 Å². The maximum atomic E-state index is 13.4. The molecule has 3 N–H and O–H groups in total. The largest absolute Gasteiger partial charge is 0.465 e. The standard InChI is InChI=1S/C13H17FN2O3/c1-7(8(2)15)12(17)16-9-4-5-11(14)10(6-9)13(18)19-3/h4-8H,15H2,1-3H3,(H,16,17). The molecular formula is C13H17FN2O3. The second-order valence-corrected chi connectivity index (χ2v) is 4.32. The third-order valence-corrected chi connectivity index (χ3v) is 2.84. The van der Waals surface area contributed by atoms with Crippen molar-refractivity contribution in [2.45, 2.75) is 19.9 Å². The molecule has 0 bridgehead atoms. The molecule has 2 unspecified atom stereocenters. The molecule has 0 heterocycles. The predicted octanol–water partition coefficient (Wildman–Crippen LogP) is 1.53. The number of carbonyl (C=O) groups is 2. The quantitative estimate of drug-likeness (QED) is 0.811. The zero-order valence-corrected chi connectivity index (χ0v) is 11.1. The molecule has 0 radical (unpaired) electrons. The molecule has 0 aromatic heterocycles. The van der Waals surface area contributed by atoms with E-state index in [1.165, 1.54) is 12.1 Å². The second kappa shape index (κ2) is 6.29. The average molecular weight is 268 g/mol. The molecule has 0 aliphatic rings. The zero-order valence-electron chi connectivity index (χ0n) is 11.1. The fourth-order valence-corrected chi connectivity index (χ4v) is 1.36. The fraction of sp³-hybridized carbons (Fsp3) is 0.385. The highest BCUT2D eigenvalue weighted by Gasteiger charge is 2.18. The molecule has 0 fully saturated rings. The highest BCUT2D eigenvalue weighted by Crippen LogP contribution is 2.17. The molecule has 1 aromatic rings. The van der Waals surface area contributed by atoms with Crippen LogP contribution in [0.4, 0.5) is 10.1 Å². The number of nitrogens with one attached hydrogen (secondary N) is 1. The fourth-order valence-electron chi connectivity index (χ4n) is 1.36. The van der Waals surface area contributed by atoms with Crippen molar-refractivity contribution in [2.24, 2.45) is 11.7 Å². The van der Waals surface area contributed by atoms with E-state index in [2.05, 4.69) is 10.1 Å². The van der Waals surface area contributed by atoms with Crippen LogP contribution in [0.5, 0.6) is 0 Å². The van der Waals surface area contributed by atoms with Crippen molar-refractivity contribution in [1.29, 1.82) is 0 Å². The molecule has 1 amide bonds. The third kappa shape index (κ3) is 3.75. The van der Waals surface area contributed by atoms with Gasteiger partial charge in [0.05, 0.1) is 18.6 Å². The smallest absolute Gasteiger partial charge is 0.340 e. The first kappa shape index (κ1) is 15.1. The molecule has 6 heteroatoms. The summed E-state index contributed by atoms with van der Waals surface area (Å²) >= 11 is 0. The number of ether oxygens (including phenoxy) is 1. The SMILES string of the molecule is COC(=O)c1cc(NC(=O)C(C)C(C)N)ccc1F. The number of nitrogens with two attached hydrogens (primary N) is 1. The highest BCUT2D eigenvalue weighted by molar-refractivity contribution is 5.95. The number of benzene rings is 1. The summed E-state index contributed by atoms with van der Waals surface area (Å²) in [5.41, 5.74) is 5.71. The lowest BCUT2D eigenvalue weighted by Gasteiger charge is -2.15. The Labute approximate surface area is 110 Å². The summed E-state index contributed by atoms with van der Waals surface area (Å²) in [6, 6.07) is 3.39. The summed E-state index contributed by atoms with van der Waals surface area (Å²) in [4.78, 5) is 23.1. The molecule has 0 aliphatic carbocycles. The Morgan fingerprint density at radius 2 is 2.00 bits per heavy atom. The van der Waals surface area contributed by atoms with Gasteiger partial charge in [0.25, 0.3) is 0 Å². The topological polar surface area (TPSA) is 81.4 Å². The van der Waals surface area contributed by atoms with Crippen molar-refractivity contribution in [1.82, 2.24) is 0 Å². The Balaban J connectivity index is 2.91. The molecule has 0 spiro atoms. The van der Waals surface area contributed by atoms with Crippen molar-refractivity contribution in [2.75, 3.05) is 12.4 Å². The Morgan fingerprint density at radius 3 is 2.53 bits per heavy atom. The van der Waals surface area contributed by atoms with Crippen LogP contribution in [0.2, 0.25) is 0 Å². The number of esters is 1. The van der Waals surface area contributed by atoms with E-state index in [1.54, 1.807) is 13.8 Å². The van der Waals surface area contributed by atoms with Gasteiger partial charge in [-0.05, 0) is 25.1 Å². The van der Waals surface area contributed by atoms with Gasteiger partial charge >= 0.3 is 5.97 Å². The van der Waals surface area contributed by atoms with E-state index >= 15 is 0 Å². The molecular weight excluding hydrogens is 251 g/mol. The Bertz CT molecular complexity index is 489. The van der Waals surface area contributed by atoms with Crippen LogP contribution in [-0.4, -0.2) is 25.0 Å². The van der Waals surface area contributed by atoms with Crippen molar-refractivity contribution < 1.29 is 18.7 Å². The lowest BCUT2D eigenvalue weighted by Crippen LogP contribution is -2.34. The van der Waals surface area contributed by atoms with Crippen LogP contribution in [0, 0.1) is 11.7 Å². The normalized spacial score (nSPS) is 13.5. The number of amides is 1. The summed E-state index contributed by atoms with van der Waals surface area (Å²) < 4.78 is 17.8. The summed E-state index contributed by atoms with van der Waals surface area (Å²) in [5, 5.41) is 2.58. The first-order valence-corrected chi connectivity index (χ1v) is 5.81. The van der Waals surface area contributed by atoms with Crippen LogP contribution in [0.3, 0.4) is 0 Å². The highest BCUT2D eigenvalue weighted by atomic mass is 19.1. The minimum absolute atomic E-state index is 0.228. The molecule has 5 nitrogen and oxygen atoms in total. The molecule has 1 rings (SSSR count). The number of halogens is 1. The van der Waals surface area contributed by atoms with Crippen molar-refractivity contribution in [3.8, 4) is 0 Å². The number of carbonyl (C=O) groups excluding carboxylic acids is 2. The number of hydrogen-bond donors (Lipinski definition) is 2. The van der Waals surface area contributed by atoms with Gasteiger partial charge < -0.3 is 15.8 Å². The van der Waals surface area contributed by atoms with E-state index in [0.29, 0.717) is 5.69 Å². The minimum Gasteiger partial charge on any atom is -0.465 e. The Kier molecular flexibility index (Phi) is 5.00. The Morgan fingerprint density at radius 1 is 1.37 bits per heavy atom. The first-order chi connectivity index (χ1) is 8.86. The molecule has 0 aliphatic heterocycles. The molecule has 0 saturated carbocycles. The lowest BCUT2D eigenvalue weighted by molar-refractivity contribution is -0.119. The van der Waals surface area contributed by atoms with E-state index in [-0.39, 0.29) is 17.5 Å². The average Bonchev–Trinajstić information content (AvgIpc) is 2.38. The first-order valence-electron chi connectivity index (χ1n) is 5.81. The number of anilines is 1. The monoisotopic (exact) mass is 268 g/mol. The van der Waals surface area contributed by atoms with Gasteiger partial charge in [-0.1, -0.05) is 6.92 Å². The van der Waals surface area contributed by atoms with Crippen molar-refractivity contribution >= 4 is 17.6 Å². The van der Waals surface area contributed by atoms with Gasteiger partial charge in [0.2, 0.25) is 5.91 Å². The van der Waals surface area contributed by atoms with Gasteiger partial charge in [0.15, 0.2) is 0 Å². The van der Waals surface area contributed by atoms with Gasteiger partial charge in [0.1, 0.15) is 5.82 Å². The summed E-state index contributed by atoms with van der Waals surface area (Å²) in [5.74, 6) is -2.19. The van der Waals surface area contributed by atoms with E-state index < -0.39 is 17.7 Å². The summed E-state index contributed by atoms with van der Waals surface area (Å²) in [6.07, 6.45) is 0. The van der Waals surface area contributed by atoms with Crippen LogP contribution in [0.25, 0.3) is 0 Å². The Hall–Kier alpha value is -1.95. The summed E-state index contributed by atoms with van der Waals surface area (Å²) in [7, 11) is 1.16. The summed E-state index contributed by atoms with van der Waals surface area (Å²) in [6.45, 7) is 3.40. The van der Waals surface area contributed by atoms with E-state index in [9.17, 15) is 14.0 Å².